The van der Waals surface area contributed by atoms with E-state index in [9.17, 15) is 22.8 Å². The van der Waals surface area contributed by atoms with Gasteiger partial charge in [-0.2, -0.15) is 13.2 Å². The standard InChI is InChI=1S/C14H25F3N4O2.ClH/c1-10(12(22)20-13(23)19-9-14(15,16)17)21-7-4-11(5-8-21)3-6-18-2;/h10-11,18H,3-9H2,1-2H3,(H2,19,20,22,23);1H. The molecule has 1 heterocycles. The van der Waals surface area contributed by atoms with E-state index < -0.39 is 30.7 Å². The zero-order chi connectivity index (χ0) is 17.5. The van der Waals surface area contributed by atoms with Crippen LogP contribution in [0.1, 0.15) is 26.2 Å². The van der Waals surface area contributed by atoms with E-state index in [1.807, 2.05) is 17.3 Å². The number of hydrogen-bond donors (Lipinski definition) is 3. The number of likely N-dealkylation sites (tertiary alicyclic amines) is 1. The molecule has 1 saturated heterocycles. The molecule has 1 aliphatic rings. The molecule has 142 valence electrons. The number of imide groups is 1. The van der Waals surface area contributed by atoms with Gasteiger partial charge in [0.05, 0.1) is 6.04 Å². The fourth-order valence-corrected chi connectivity index (χ4v) is 2.58. The maximum Gasteiger partial charge on any atom is 0.405 e. The normalized spacial score (nSPS) is 17.7. The third kappa shape index (κ3) is 8.70. The zero-order valence-corrected chi connectivity index (χ0v) is 14.7. The Morgan fingerprint density at radius 2 is 1.83 bits per heavy atom. The van der Waals surface area contributed by atoms with Crippen LogP contribution in [0.2, 0.25) is 0 Å². The number of alkyl halides is 3. The lowest BCUT2D eigenvalue weighted by molar-refractivity contribution is -0.127. The molecular weight excluding hydrogens is 349 g/mol. The van der Waals surface area contributed by atoms with Gasteiger partial charge in [-0.25, -0.2) is 4.79 Å². The van der Waals surface area contributed by atoms with E-state index >= 15 is 0 Å². The van der Waals surface area contributed by atoms with Gasteiger partial charge in [0.15, 0.2) is 0 Å². The molecule has 1 rings (SSSR count). The van der Waals surface area contributed by atoms with E-state index in [4.69, 9.17) is 0 Å². The Kier molecular flexibility index (Phi) is 10.3. The largest absolute Gasteiger partial charge is 0.405 e. The molecule has 0 aromatic carbocycles. The van der Waals surface area contributed by atoms with Crippen molar-refractivity contribution in [3.8, 4) is 0 Å². The number of carbonyl (C=O) groups is 2. The van der Waals surface area contributed by atoms with E-state index in [0.29, 0.717) is 5.92 Å². The first-order valence-corrected chi connectivity index (χ1v) is 7.77. The third-order valence-electron chi connectivity index (χ3n) is 4.06. The quantitative estimate of drug-likeness (QED) is 0.659. The van der Waals surface area contributed by atoms with Gasteiger partial charge in [0.1, 0.15) is 6.54 Å². The molecule has 1 fully saturated rings. The van der Waals surface area contributed by atoms with Crippen LogP contribution in [0.15, 0.2) is 0 Å². The molecule has 10 heteroatoms. The highest BCUT2D eigenvalue weighted by Gasteiger charge is 2.30. The van der Waals surface area contributed by atoms with Crippen molar-refractivity contribution in [1.82, 2.24) is 20.9 Å². The summed E-state index contributed by atoms with van der Waals surface area (Å²) in [6.07, 6.45) is -1.47. The summed E-state index contributed by atoms with van der Waals surface area (Å²) in [6.45, 7) is 2.64. The Hall–Kier alpha value is -1.06. The van der Waals surface area contributed by atoms with Crippen LogP contribution < -0.4 is 16.0 Å². The molecule has 0 bridgehead atoms. The van der Waals surface area contributed by atoms with E-state index in [1.165, 1.54) is 0 Å². The van der Waals surface area contributed by atoms with Gasteiger partial charge in [0.25, 0.3) is 0 Å². The minimum absolute atomic E-state index is 0. The van der Waals surface area contributed by atoms with Crippen molar-refractivity contribution in [1.29, 1.82) is 0 Å². The number of amides is 3. The van der Waals surface area contributed by atoms with Crippen LogP contribution >= 0.6 is 12.4 Å². The number of urea groups is 1. The van der Waals surface area contributed by atoms with Gasteiger partial charge < -0.3 is 10.6 Å². The van der Waals surface area contributed by atoms with Crippen molar-refractivity contribution in [2.24, 2.45) is 5.92 Å². The molecule has 0 aromatic rings. The summed E-state index contributed by atoms with van der Waals surface area (Å²) in [6, 6.07) is -1.67. The molecule has 0 aliphatic carbocycles. The average molecular weight is 375 g/mol. The van der Waals surface area contributed by atoms with E-state index in [2.05, 4.69) is 5.32 Å². The van der Waals surface area contributed by atoms with Gasteiger partial charge in [0.2, 0.25) is 5.91 Å². The average Bonchev–Trinajstić information content (AvgIpc) is 2.50. The van der Waals surface area contributed by atoms with E-state index in [1.54, 1.807) is 12.2 Å². The summed E-state index contributed by atoms with van der Waals surface area (Å²) in [7, 11) is 1.91. The molecule has 6 nitrogen and oxygen atoms in total. The van der Waals surface area contributed by atoms with Crippen molar-refractivity contribution < 1.29 is 22.8 Å². The minimum Gasteiger partial charge on any atom is -0.329 e. The number of halogens is 4. The number of nitrogens with zero attached hydrogens (tertiary/aromatic N) is 1. The number of piperidine rings is 1. The minimum atomic E-state index is -4.50. The second-order valence-corrected chi connectivity index (χ2v) is 5.83. The number of nitrogens with one attached hydrogen (secondary N) is 3. The second kappa shape index (κ2) is 10.7. The third-order valence-corrected chi connectivity index (χ3v) is 4.06. The topological polar surface area (TPSA) is 73.5 Å². The molecule has 1 atom stereocenters. The van der Waals surface area contributed by atoms with Crippen LogP contribution in [-0.4, -0.2) is 62.3 Å². The summed E-state index contributed by atoms with van der Waals surface area (Å²) >= 11 is 0. The van der Waals surface area contributed by atoms with Crippen molar-refractivity contribution in [2.75, 3.05) is 33.2 Å². The lowest BCUT2D eigenvalue weighted by Gasteiger charge is -2.35. The summed E-state index contributed by atoms with van der Waals surface area (Å²) in [5.74, 6) is 0.0300. The first-order valence-electron chi connectivity index (χ1n) is 7.77. The predicted octanol–water partition coefficient (Wildman–Crippen LogP) is 1.51. The zero-order valence-electron chi connectivity index (χ0n) is 13.9. The molecule has 0 saturated carbocycles. The summed E-state index contributed by atoms with van der Waals surface area (Å²) < 4.78 is 36.0. The monoisotopic (exact) mass is 374 g/mol. The Labute approximate surface area is 146 Å². The highest BCUT2D eigenvalue weighted by Crippen LogP contribution is 2.21. The summed E-state index contributed by atoms with van der Waals surface area (Å²) in [4.78, 5) is 25.2. The highest BCUT2D eigenvalue weighted by atomic mass is 35.5. The molecule has 0 spiro atoms. The van der Waals surface area contributed by atoms with Crippen LogP contribution in [0.3, 0.4) is 0 Å². The first-order chi connectivity index (χ1) is 10.7. The van der Waals surface area contributed by atoms with Crippen molar-refractivity contribution >= 4 is 24.3 Å². The van der Waals surface area contributed by atoms with Gasteiger partial charge >= 0.3 is 12.2 Å². The Morgan fingerprint density at radius 1 is 1.25 bits per heavy atom. The molecule has 1 unspecified atom stereocenters. The maximum absolute atomic E-state index is 12.0. The van der Waals surface area contributed by atoms with Gasteiger partial charge in [0, 0.05) is 0 Å². The molecule has 24 heavy (non-hydrogen) atoms. The summed E-state index contributed by atoms with van der Waals surface area (Å²) in [5, 5.41) is 6.68. The molecule has 3 N–H and O–H groups in total. The lowest BCUT2D eigenvalue weighted by Crippen LogP contribution is -2.52. The number of hydrogen-bond acceptors (Lipinski definition) is 4. The fraction of sp³-hybridized carbons (Fsp3) is 0.857. The van der Waals surface area contributed by atoms with Gasteiger partial charge in [-0.3, -0.25) is 15.0 Å². The summed E-state index contributed by atoms with van der Waals surface area (Å²) in [5.41, 5.74) is 0. The molecule has 3 amide bonds. The van der Waals surface area contributed by atoms with Gasteiger partial charge in [-0.15, -0.1) is 12.4 Å². The Bertz CT molecular complexity index is 402. The van der Waals surface area contributed by atoms with Crippen molar-refractivity contribution in [3.63, 3.8) is 0 Å². The second-order valence-electron chi connectivity index (χ2n) is 5.83. The van der Waals surface area contributed by atoms with Crippen LogP contribution in [0, 0.1) is 5.92 Å². The van der Waals surface area contributed by atoms with Crippen LogP contribution in [-0.2, 0) is 4.79 Å². The molecule has 1 aliphatic heterocycles. The maximum atomic E-state index is 12.0. The van der Waals surface area contributed by atoms with Crippen molar-refractivity contribution in [2.45, 2.75) is 38.4 Å². The SMILES string of the molecule is CNCCC1CCN(C(C)C(=O)NC(=O)NCC(F)(F)F)CC1.Cl. The van der Waals surface area contributed by atoms with E-state index in [0.717, 1.165) is 38.9 Å². The van der Waals surface area contributed by atoms with Crippen molar-refractivity contribution in [3.05, 3.63) is 0 Å². The van der Waals surface area contributed by atoms with Crippen LogP contribution in [0.4, 0.5) is 18.0 Å². The molecular formula is C14H26ClF3N4O2. The van der Waals surface area contributed by atoms with Crippen LogP contribution in [0.5, 0.6) is 0 Å². The fourth-order valence-electron chi connectivity index (χ4n) is 2.58. The van der Waals surface area contributed by atoms with Gasteiger partial charge in [-0.1, -0.05) is 0 Å². The predicted molar refractivity (Wildman–Crippen MR) is 87.1 cm³/mol. The molecule has 0 radical (unpaired) electrons. The smallest absolute Gasteiger partial charge is 0.329 e. The van der Waals surface area contributed by atoms with Crippen LogP contribution in [0.25, 0.3) is 0 Å². The van der Waals surface area contributed by atoms with Gasteiger partial charge in [-0.05, 0) is 58.8 Å². The molecule has 0 aromatic heterocycles. The number of carbonyl (C=O) groups excluding carboxylic acids is 2. The Balaban J connectivity index is 0.00000529. The first kappa shape index (κ1) is 22.9. The highest BCUT2D eigenvalue weighted by molar-refractivity contribution is 5.96. The lowest BCUT2D eigenvalue weighted by atomic mass is 9.93. The Morgan fingerprint density at radius 3 is 2.33 bits per heavy atom. The van der Waals surface area contributed by atoms with E-state index in [-0.39, 0.29) is 12.4 Å². The number of rotatable bonds is 6.